The largest absolute Gasteiger partial charge is 0.491 e. The van der Waals surface area contributed by atoms with Crippen LogP contribution in [0.4, 0.5) is 5.69 Å². The lowest BCUT2D eigenvalue weighted by Gasteiger charge is -2.22. The van der Waals surface area contributed by atoms with Crippen LogP contribution in [-0.4, -0.2) is 47.5 Å². The lowest BCUT2D eigenvalue weighted by molar-refractivity contribution is 0.0697. The predicted molar refractivity (Wildman–Crippen MR) is 114 cm³/mol. The summed E-state index contributed by atoms with van der Waals surface area (Å²) in [6.45, 7) is 1.17. The average Bonchev–Trinajstić information content (AvgIpc) is 3.31. The first-order chi connectivity index (χ1) is 15.1. The minimum absolute atomic E-state index is 0.0753. The Bertz CT molecular complexity index is 1040. The van der Waals surface area contributed by atoms with Gasteiger partial charge in [-0.25, -0.2) is 9.78 Å². The molecule has 1 saturated heterocycles. The molecule has 0 aliphatic carbocycles. The number of anilines is 1. The van der Waals surface area contributed by atoms with Crippen LogP contribution in [0, 0.1) is 0 Å². The van der Waals surface area contributed by atoms with Crippen molar-refractivity contribution in [3.63, 3.8) is 0 Å². The molecule has 0 bridgehead atoms. The molecule has 2 N–H and O–H groups in total. The van der Waals surface area contributed by atoms with Crippen molar-refractivity contribution < 1.29 is 24.1 Å². The van der Waals surface area contributed by atoms with Crippen LogP contribution < -0.4 is 14.8 Å². The van der Waals surface area contributed by atoms with E-state index in [-0.39, 0.29) is 17.7 Å². The van der Waals surface area contributed by atoms with E-state index in [9.17, 15) is 9.90 Å². The van der Waals surface area contributed by atoms with Crippen LogP contribution in [0.5, 0.6) is 11.6 Å². The zero-order valence-corrected chi connectivity index (χ0v) is 17.0. The van der Waals surface area contributed by atoms with Crippen LogP contribution in [0.15, 0.2) is 60.9 Å². The number of carbonyl (C=O) groups is 1. The number of ether oxygens (including phenoxy) is 3. The SMILES string of the molecule is COc1ccc(C(Nc2cccc(C(=O)O)c2)c2cccnc2)nc1OC1CCOC1. The van der Waals surface area contributed by atoms with Crippen LogP contribution >= 0.6 is 0 Å². The molecule has 8 nitrogen and oxygen atoms in total. The normalized spacial score (nSPS) is 16.5. The summed E-state index contributed by atoms with van der Waals surface area (Å²) in [7, 11) is 1.57. The van der Waals surface area contributed by atoms with E-state index in [1.807, 2.05) is 30.3 Å². The number of pyridine rings is 2. The van der Waals surface area contributed by atoms with Gasteiger partial charge in [0.15, 0.2) is 5.75 Å². The van der Waals surface area contributed by atoms with Crippen LogP contribution in [0.25, 0.3) is 0 Å². The highest BCUT2D eigenvalue weighted by atomic mass is 16.6. The van der Waals surface area contributed by atoms with Gasteiger partial charge in [-0.05, 0) is 42.0 Å². The van der Waals surface area contributed by atoms with E-state index in [4.69, 9.17) is 19.2 Å². The van der Waals surface area contributed by atoms with E-state index in [2.05, 4.69) is 10.3 Å². The summed E-state index contributed by atoms with van der Waals surface area (Å²) in [6.07, 6.45) is 4.16. The number of carboxylic acid groups (broad SMARTS) is 1. The molecule has 2 aromatic heterocycles. The first kappa shape index (κ1) is 20.6. The maximum Gasteiger partial charge on any atom is 0.335 e. The Morgan fingerprint density at radius 2 is 2.16 bits per heavy atom. The smallest absolute Gasteiger partial charge is 0.335 e. The summed E-state index contributed by atoms with van der Waals surface area (Å²) in [5, 5.41) is 12.7. The molecule has 1 aliphatic heterocycles. The molecule has 0 amide bonds. The Kier molecular flexibility index (Phi) is 6.28. The Hall–Kier alpha value is -3.65. The second-order valence-electron chi connectivity index (χ2n) is 7.10. The van der Waals surface area contributed by atoms with E-state index in [1.165, 1.54) is 0 Å². The number of nitrogens with zero attached hydrogens (tertiary/aromatic N) is 2. The van der Waals surface area contributed by atoms with Gasteiger partial charge < -0.3 is 24.6 Å². The van der Waals surface area contributed by atoms with Gasteiger partial charge in [0.25, 0.3) is 5.88 Å². The second kappa shape index (κ2) is 9.44. The van der Waals surface area contributed by atoms with E-state index < -0.39 is 5.97 Å². The molecule has 1 fully saturated rings. The number of hydrogen-bond acceptors (Lipinski definition) is 7. The Labute approximate surface area is 179 Å². The van der Waals surface area contributed by atoms with Gasteiger partial charge in [-0.3, -0.25) is 4.98 Å². The number of hydrogen-bond donors (Lipinski definition) is 2. The average molecular weight is 421 g/mol. The van der Waals surface area contributed by atoms with Gasteiger partial charge in [0.2, 0.25) is 0 Å². The van der Waals surface area contributed by atoms with Crippen LogP contribution in [-0.2, 0) is 4.74 Å². The van der Waals surface area contributed by atoms with Crippen molar-refractivity contribution in [1.82, 2.24) is 9.97 Å². The minimum atomic E-state index is -0.987. The molecule has 0 saturated carbocycles. The van der Waals surface area contributed by atoms with Crippen LogP contribution in [0.3, 0.4) is 0 Å². The highest BCUT2D eigenvalue weighted by molar-refractivity contribution is 5.88. The van der Waals surface area contributed by atoms with Crippen LogP contribution in [0.2, 0.25) is 0 Å². The lowest BCUT2D eigenvalue weighted by Crippen LogP contribution is -2.19. The van der Waals surface area contributed by atoms with Crippen LogP contribution in [0.1, 0.15) is 34.1 Å². The Balaban J connectivity index is 1.70. The number of nitrogens with one attached hydrogen (secondary N) is 1. The third-order valence-electron chi connectivity index (χ3n) is 4.97. The second-order valence-corrected chi connectivity index (χ2v) is 7.10. The predicted octanol–water partition coefficient (Wildman–Crippen LogP) is 3.55. The molecule has 8 heteroatoms. The minimum Gasteiger partial charge on any atom is -0.491 e. The van der Waals surface area contributed by atoms with Crippen molar-refractivity contribution in [1.29, 1.82) is 0 Å². The zero-order valence-electron chi connectivity index (χ0n) is 17.0. The van der Waals surface area contributed by atoms with Gasteiger partial charge in [-0.1, -0.05) is 12.1 Å². The number of benzene rings is 1. The molecule has 0 spiro atoms. The van der Waals surface area contributed by atoms with Gasteiger partial charge in [0.05, 0.1) is 37.6 Å². The van der Waals surface area contributed by atoms with E-state index in [0.717, 1.165) is 12.0 Å². The lowest BCUT2D eigenvalue weighted by atomic mass is 10.0. The van der Waals surface area contributed by atoms with Gasteiger partial charge in [-0.2, -0.15) is 0 Å². The molecule has 3 heterocycles. The summed E-state index contributed by atoms with van der Waals surface area (Å²) in [5.41, 5.74) is 2.40. The summed E-state index contributed by atoms with van der Waals surface area (Å²) in [4.78, 5) is 20.3. The van der Waals surface area contributed by atoms with Crippen molar-refractivity contribution in [3.8, 4) is 11.6 Å². The summed E-state index contributed by atoms with van der Waals surface area (Å²) in [5.74, 6) is -0.0578. The molecule has 1 aliphatic rings. The first-order valence-electron chi connectivity index (χ1n) is 9.93. The highest BCUT2D eigenvalue weighted by Crippen LogP contribution is 2.32. The number of aromatic nitrogens is 2. The number of carboxylic acids is 1. The van der Waals surface area contributed by atoms with Crippen molar-refractivity contribution in [2.24, 2.45) is 0 Å². The summed E-state index contributed by atoms with van der Waals surface area (Å²) < 4.78 is 16.9. The fraction of sp³-hybridized carbons (Fsp3) is 0.261. The van der Waals surface area contributed by atoms with E-state index >= 15 is 0 Å². The van der Waals surface area contributed by atoms with Gasteiger partial charge in [0, 0.05) is 24.5 Å². The zero-order chi connectivity index (χ0) is 21.6. The standard InChI is InChI=1S/C23H23N3O5/c1-29-20-8-7-19(26-22(20)31-18-9-11-30-14-18)21(16-5-3-10-24-13-16)25-17-6-2-4-15(12-17)23(27)28/h2-8,10,12-13,18,21,25H,9,11,14H2,1H3,(H,27,28). The fourth-order valence-corrected chi connectivity index (χ4v) is 3.39. The maximum atomic E-state index is 11.4. The molecule has 160 valence electrons. The Morgan fingerprint density at radius 3 is 2.87 bits per heavy atom. The molecule has 2 unspecified atom stereocenters. The number of methoxy groups -OCH3 is 1. The quantitative estimate of drug-likeness (QED) is 0.569. The highest BCUT2D eigenvalue weighted by Gasteiger charge is 2.23. The van der Waals surface area contributed by atoms with E-state index in [0.29, 0.717) is 36.2 Å². The fourth-order valence-electron chi connectivity index (χ4n) is 3.39. The molecule has 4 rings (SSSR count). The molecule has 31 heavy (non-hydrogen) atoms. The van der Waals surface area contributed by atoms with Crippen molar-refractivity contribution in [2.75, 3.05) is 25.6 Å². The van der Waals surface area contributed by atoms with Gasteiger partial charge in [-0.15, -0.1) is 0 Å². The van der Waals surface area contributed by atoms with Gasteiger partial charge in [0.1, 0.15) is 6.10 Å². The van der Waals surface area contributed by atoms with Gasteiger partial charge >= 0.3 is 5.97 Å². The molecular weight excluding hydrogens is 398 g/mol. The van der Waals surface area contributed by atoms with Crippen molar-refractivity contribution in [2.45, 2.75) is 18.6 Å². The summed E-state index contributed by atoms with van der Waals surface area (Å²) in [6, 6.07) is 13.7. The summed E-state index contributed by atoms with van der Waals surface area (Å²) >= 11 is 0. The third-order valence-corrected chi connectivity index (χ3v) is 4.97. The molecule has 3 aromatic rings. The maximum absolute atomic E-state index is 11.4. The Morgan fingerprint density at radius 1 is 1.26 bits per heavy atom. The molecular formula is C23H23N3O5. The topological polar surface area (TPSA) is 103 Å². The monoisotopic (exact) mass is 421 g/mol. The first-order valence-corrected chi connectivity index (χ1v) is 9.93. The third kappa shape index (κ3) is 4.92. The van der Waals surface area contributed by atoms with Crippen molar-refractivity contribution in [3.05, 3.63) is 77.7 Å². The molecule has 0 radical (unpaired) electrons. The molecule has 1 aromatic carbocycles. The number of aromatic carboxylic acids is 1. The van der Waals surface area contributed by atoms with Crippen molar-refractivity contribution >= 4 is 11.7 Å². The number of rotatable bonds is 8. The molecule has 2 atom stereocenters. The van der Waals surface area contributed by atoms with E-state index in [1.54, 1.807) is 37.7 Å².